The largest absolute Gasteiger partial charge is 0.305 e. The lowest BCUT2D eigenvalue weighted by molar-refractivity contribution is 0.102. The highest BCUT2D eigenvalue weighted by molar-refractivity contribution is 6.02. The Morgan fingerprint density at radius 2 is 2.00 bits per heavy atom. The maximum Gasteiger partial charge on any atom is 0.277 e. The van der Waals surface area contributed by atoms with Crippen LogP contribution in [-0.2, 0) is 7.05 Å². The molecule has 0 aliphatic heterocycles. The molecular weight excluding hydrogens is 302 g/mol. The first-order valence-electron chi connectivity index (χ1n) is 6.76. The minimum absolute atomic E-state index is 0.0388. The molecule has 0 atom stereocenters. The Bertz CT molecular complexity index is 862. The first-order valence-corrected chi connectivity index (χ1v) is 6.76. The zero-order chi connectivity index (χ0) is 16.4. The molecule has 7 heteroatoms. The molecule has 1 N–H and O–H groups in total. The molecule has 0 saturated heterocycles. The van der Waals surface area contributed by atoms with Crippen molar-refractivity contribution in [3.05, 3.63) is 66.0 Å². The van der Waals surface area contributed by atoms with Gasteiger partial charge in [-0.1, -0.05) is 6.07 Å². The number of carbonyl (C=O) groups is 1. The average Bonchev–Trinajstić information content (AvgIpc) is 2.92. The van der Waals surface area contributed by atoms with E-state index in [1.165, 1.54) is 10.7 Å². The first-order chi connectivity index (χ1) is 11.0. The molecule has 0 spiro atoms. The maximum absolute atomic E-state index is 13.9. The molecule has 0 radical (unpaired) electrons. The molecule has 3 rings (SSSR count). The van der Waals surface area contributed by atoms with Crippen molar-refractivity contribution >= 4 is 11.7 Å². The lowest BCUT2D eigenvalue weighted by atomic mass is 10.1. The Balaban J connectivity index is 1.92. The van der Waals surface area contributed by atoms with Crippen molar-refractivity contribution in [2.45, 2.75) is 0 Å². The van der Waals surface area contributed by atoms with Gasteiger partial charge >= 0.3 is 0 Å². The van der Waals surface area contributed by atoms with E-state index in [9.17, 15) is 13.6 Å². The molecule has 0 aliphatic rings. The molecule has 3 aromatic rings. The summed E-state index contributed by atoms with van der Waals surface area (Å²) in [6, 6.07) is 9.61. The molecule has 2 heterocycles. The van der Waals surface area contributed by atoms with Gasteiger partial charge in [-0.2, -0.15) is 5.10 Å². The number of hydrogen-bond donors (Lipinski definition) is 1. The highest BCUT2D eigenvalue weighted by Gasteiger charge is 2.17. The van der Waals surface area contributed by atoms with Crippen LogP contribution in [0.5, 0.6) is 0 Å². The van der Waals surface area contributed by atoms with E-state index < -0.39 is 17.5 Å². The fourth-order valence-corrected chi connectivity index (χ4v) is 2.14. The summed E-state index contributed by atoms with van der Waals surface area (Å²) in [7, 11) is 1.55. The van der Waals surface area contributed by atoms with Crippen LogP contribution in [0.3, 0.4) is 0 Å². The van der Waals surface area contributed by atoms with Crippen molar-refractivity contribution in [2.24, 2.45) is 7.05 Å². The van der Waals surface area contributed by atoms with Gasteiger partial charge in [-0.15, -0.1) is 0 Å². The summed E-state index contributed by atoms with van der Waals surface area (Å²) in [4.78, 5) is 16.1. The zero-order valence-electron chi connectivity index (χ0n) is 12.1. The molecular formula is C16H12F2N4O. The maximum atomic E-state index is 13.9. The van der Waals surface area contributed by atoms with Crippen LogP contribution in [0, 0.1) is 11.6 Å². The van der Waals surface area contributed by atoms with E-state index in [0.29, 0.717) is 11.5 Å². The third kappa shape index (κ3) is 3.08. The van der Waals surface area contributed by atoms with Gasteiger partial charge < -0.3 is 5.32 Å². The van der Waals surface area contributed by atoms with Crippen LogP contribution in [0.25, 0.3) is 11.3 Å². The first kappa shape index (κ1) is 14.8. The van der Waals surface area contributed by atoms with Crippen molar-refractivity contribution in [1.82, 2.24) is 14.8 Å². The Labute approximate surface area is 130 Å². The standard InChI is InChI=1S/C16H12F2N4O/c1-22-14(11-8-10(17)5-6-12(11)18)9-13(21-22)16(23)20-15-4-2-3-7-19-15/h2-9H,1H3,(H,19,20,23). The summed E-state index contributed by atoms with van der Waals surface area (Å²) in [6.45, 7) is 0. The Morgan fingerprint density at radius 3 is 2.74 bits per heavy atom. The second kappa shape index (κ2) is 5.96. The Kier molecular flexibility index (Phi) is 3.84. The lowest BCUT2D eigenvalue weighted by Gasteiger charge is -2.03. The molecule has 1 aromatic carbocycles. The predicted molar refractivity (Wildman–Crippen MR) is 80.8 cm³/mol. The quantitative estimate of drug-likeness (QED) is 0.808. The molecule has 1 amide bonds. The molecule has 5 nitrogen and oxygen atoms in total. The van der Waals surface area contributed by atoms with E-state index in [-0.39, 0.29) is 11.3 Å². The number of anilines is 1. The molecule has 116 valence electrons. The van der Waals surface area contributed by atoms with Crippen LogP contribution in [0.15, 0.2) is 48.7 Å². The van der Waals surface area contributed by atoms with Crippen LogP contribution in [0.4, 0.5) is 14.6 Å². The van der Waals surface area contributed by atoms with Gasteiger partial charge in [0.2, 0.25) is 0 Å². The van der Waals surface area contributed by atoms with Crippen LogP contribution < -0.4 is 5.32 Å². The predicted octanol–water partition coefficient (Wildman–Crippen LogP) is 3.01. The molecule has 0 bridgehead atoms. The zero-order valence-corrected chi connectivity index (χ0v) is 12.1. The van der Waals surface area contributed by atoms with Gasteiger partial charge in [-0.05, 0) is 36.4 Å². The van der Waals surface area contributed by atoms with Gasteiger partial charge in [0.1, 0.15) is 17.5 Å². The van der Waals surface area contributed by atoms with Crippen molar-refractivity contribution in [1.29, 1.82) is 0 Å². The average molecular weight is 314 g/mol. The van der Waals surface area contributed by atoms with Crippen LogP contribution >= 0.6 is 0 Å². The summed E-state index contributed by atoms with van der Waals surface area (Å²) >= 11 is 0. The summed E-state index contributed by atoms with van der Waals surface area (Å²) in [5.41, 5.74) is 0.418. The smallest absolute Gasteiger partial charge is 0.277 e. The lowest BCUT2D eigenvalue weighted by Crippen LogP contribution is -2.13. The number of rotatable bonds is 3. The van der Waals surface area contributed by atoms with Crippen molar-refractivity contribution in [3.63, 3.8) is 0 Å². The molecule has 2 aromatic heterocycles. The second-order valence-electron chi connectivity index (χ2n) is 4.83. The molecule has 0 aliphatic carbocycles. The number of carbonyl (C=O) groups excluding carboxylic acids is 1. The van der Waals surface area contributed by atoms with Gasteiger partial charge in [0.05, 0.1) is 5.69 Å². The normalized spacial score (nSPS) is 10.6. The van der Waals surface area contributed by atoms with Crippen LogP contribution in [0.2, 0.25) is 0 Å². The summed E-state index contributed by atoms with van der Waals surface area (Å²) in [6.07, 6.45) is 1.54. The fraction of sp³-hybridized carbons (Fsp3) is 0.0625. The van der Waals surface area contributed by atoms with Gasteiger partial charge in [0.15, 0.2) is 5.69 Å². The van der Waals surface area contributed by atoms with Crippen molar-refractivity contribution < 1.29 is 13.6 Å². The third-order valence-corrected chi connectivity index (χ3v) is 3.22. The molecule has 0 saturated carbocycles. The number of aromatic nitrogens is 3. The number of halogens is 2. The van der Waals surface area contributed by atoms with E-state index >= 15 is 0 Å². The highest BCUT2D eigenvalue weighted by Crippen LogP contribution is 2.24. The third-order valence-electron chi connectivity index (χ3n) is 3.22. The van der Waals surface area contributed by atoms with Crippen molar-refractivity contribution in [3.8, 4) is 11.3 Å². The van der Waals surface area contributed by atoms with Gasteiger partial charge in [0.25, 0.3) is 5.91 Å². The Morgan fingerprint density at radius 1 is 1.17 bits per heavy atom. The van der Waals surface area contributed by atoms with Crippen LogP contribution in [0.1, 0.15) is 10.5 Å². The summed E-state index contributed by atoms with van der Waals surface area (Å²) in [5.74, 6) is -1.27. The number of hydrogen-bond acceptors (Lipinski definition) is 3. The SMILES string of the molecule is Cn1nc(C(=O)Nc2ccccn2)cc1-c1cc(F)ccc1F. The summed E-state index contributed by atoms with van der Waals surface area (Å²) in [5, 5.41) is 6.62. The number of aryl methyl sites for hydroxylation is 1. The van der Waals surface area contributed by atoms with E-state index in [0.717, 1.165) is 18.2 Å². The van der Waals surface area contributed by atoms with E-state index in [2.05, 4.69) is 15.4 Å². The number of benzene rings is 1. The molecule has 0 unspecified atom stereocenters. The molecule has 23 heavy (non-hydrogen) atoms. The fourth-order valence-electron chi connectivity index (χ4n) is 2.14. The number of nitrogens with zero attached hydrogens (tertiary/aromatic N) is 3. The number of nitrogens with one attached hydrogen (secondary N) is 1. The van der Waals surface area contributed by atoms with Crippen molar-refractivity contribution in [2.75, 3.05) is 5.32 Å². The van der Waals surface area contributed by atoms with Gasteiger partial charge in [0, 0.05) is 18.8 Å². The van der Waals surface area contributed by atoms with E-state index in [4.69, 9.17) is 0 Å². The Hall–Kier alpha value is -3.09. The second-order valence-corrected chi connectivity index (χ2v) is 4.83. The molecule has 0 fully saturated rings. The van der Waals surface area contributed by atoms with Gasteiger partial charge in [-0.25, -0.2) is 13.8 Å². The summed E-state index contributed by atoms with van der Waals surface area (Å²) < 4.78 is 28.5. The van der Waals surface area contributed by atoms with Crippen LogP contribution in [-0.4, -0.2) is 20.7 Å². The minimum Gasteiger partial charge on any atom is -0.305 e. The minimum atomic E-state index is -0.592. The van der Waals surface area contributed by atoms with Gasteiger partial charge in [-0.3, -0.25) is 9.48 Å². The topological polar surface area (TPSA) is 59.8 Å². The number of amides is 1. The monoisotopic (exact) mass is 314 g/mol. The number of pyridine rings is 1. The van der Waals surface area contributed by atoms with E-state index in [1.807, 2.05) is 0 Å². The highest BCUT2D eigenvalue weighted by atomic mass is 19.1. The van der Waals surface area contributed by atoms with E-state index in [1.54, 1.807) is 31.4 Å².